The van der Waals surface area contributed by atoms with Crippen LogP contribution in [-0.4, -0.2) is 6.29 Å². The quantitative estimate of drug-likeness (QED) is 0.668. The van der Waals surface area contributed by atoms with Gasteiger partial charge < -0.3 is 4.79 Å². The van der Waals surface area contributed by atoms with Gasteiger partial charge in [-0.2, -0.15) is 0 Å². The molecule has 0 aromatic heterocycles. The maximum Gasteiger partial charge on any atom is 0.120 e. The molecule has 0 radical (unpaired) electrons. The van der Waals surface area contributed by atoms with Crippen molar-refractivity contribution in [3.05, 3.63) is 35.9 Å². The van der Waals surface area contributed by atoms with E-state index in [1.165, 1.54) is 5.56 Å². The number of rotatable bonds is 5. The van der Waals surface area contributed by atoms with Crippen LogP contribution in [0, 0.1) is 5.92 Å². The Morgan fingerprint density at radius 1 is 1.20 bits per heavy atom. The van der Waals surface area contributed by atoms with E-state index in [9.17, 15) is 4.79 Å². The van der Waals surface area contributed by atoms with Crippen molar-refractivity contribution in [1.82, 2.24) is 0 Å². The fraction of sp³-hybridized carbons (Fsp3) is 0.500. The Morgan fingerprint density at radius 3 is 2.33 bits per heavy atom. The average Bonchev–Trinajstić information content (AvgIpc) is 2.30. The summed E-state index contributed by atoms with van der Waals surface area (Å²) in [4.78, 5) is 10.2. The van der Waals surface area contributed by atoms with Crippen LogP contribution in [0.15, 0.2) is 30.3 Å². The lowest BCUT2D eigenvalue weighted by Crippen LogP contribution is -1.99. The second kappa shape index (κ2) is 9.45. The van der Waals surface area contributed by atoms with E-state index in [0.29, 0.717) is 12.3 Å². The molecular formula is C14H22O. The van der Waals surface area contributed by atoms with E-state index >= 15 is 0 Å². The van der Waals surface area contributed by atoms with Crippen LogP contribution in [0.2, 0.25) is 0 Å². The van der Waals surface area contributed by atoms with Gasteiger partial charge in [-0.3, -0.25) is 0 Å². The molecule has 0 aliphatic carbocycles. The zero-order valence-corrected chi connectivity index (χ0v) is 10.1. The van der Waals surface area contributed by atoms with Crippen LogP contribution in [0.4, 0.5) is 0 Å². The van der Waals surface area contributed by atoms with E-state index in [2.05, 4.69) is 31.2 Å². The van der Waals surface area contributed by atoms with Crippen molar-refractivity contribution >= 4 is 6.29 Å². The lowest BCUT2D eigenvalue weighted by molar-refractivity contribution is -0.108. The van der Waals surface area contributed by atoms with Gasteiger partial charge in [-0.25, -0.2) is 0 Å². The zero-order chi connectivity index (χ0) is 11.5. The van der Waals surface area contributed by atoms with Crippen molar-refractivity contribution in [2.45, 2.75) is 40.0 Å². The molecule has 0 saturated heterocycles. The highest BCUT2D eigenvalue weighted by Crippen LogP contribution is 2.12. The van der Waals surface area contributed by atoms with Crippen molar-refractivity contribution in [3.63, 3.8) is 0 Å². The summed E-state index contributed by atoms with van der Waals surface area (Å²) in [6, 6.07) is 10.4. The SMILES string of the molecule is CC.CC(CCC=O)Cc1ccccc1. The van der Waals surface area contributed by atoms with Crippen LogP contribution in [0.25, 0.3) is 0 Å². The lowest BCUT2D eigenvalue weighted by Gasteiger charge is -2.08. The van der Waals surface area contributed by atoms with Gasteiger partial charge in [0.15, 0.2) is 0 Å². The number of carbonyl (C=O) groups excluding carboxylic acids is 1. The minimum absolute atomic E-state index is 0.604. The van der Waals surface area contributed by atoms with Gasteiger partial charge in [-0.05, 0) is 24.3 Å². The summed E-state index contributed by atoms with van der Waals surface area (Å²) in [5.74, 6) is 0.604. The van der Waals surface area contributed by atoms with Crippen LogP contribution in [0.3, 0.4) is 0 Å². The molecule has 1 heteroatoms. The van der Waals surface area contributed by atoms with Gasteiger partial charge in [0.05, 0.1) is 0 Å². The second-order valence-corrected chi connectivity index (χ2v) is 3.54. The molecule has 1 atom stereocenters. The molecule has 0 bridgehead atoms. The van der Waals surface area contributed by atoms with E-state index < -0.39 is 0 Å². The first-order valence-electron chi connectivity index (χ1n) is 5.80. The molecule has 0 heterocycles. The van der Waals surface area contributed by atoms with E-state index in [1.54, 1.807) is 0 Å². The van der Waals surface area contributed by atoms with Crippen molar-refractivity contribution in [1.29, 1.82) is 0 Å². The van der Waals surface area contributed by atoms with Gasteiger partial charge in [0, 0.05) is 6.42 Å². The molecule has 1 unspecified atom stereocenters. The van der Waals surface area contributed by atoms with E-state index in [0.717, 1.165) is 19.1 Å². The molecule has 0 saturated carbocycles. The Kier molecular flexibility index (Phi) is 8.75. The summed E-state index contributed by atoms with van der Waals surface area (Å²) in [6.45, 7) is 6.19. The lowest BCUT2D eigenvalue weighted by atomic mass is 9.97. The molecule has 84 valence electrons. The summed E-state index contributed by atoms with van der Waals surface area (Å²) in [5, 5.41) is 0. The van der Waals surface area contributed by atoms with Crippen LogP contribution in [0.5, 0.6) is 0 Å². The molecule has 1 aromatic rings. The van der Waals surface area contributed by atoms with Crippen molar-refractivity contribution in [2.75, 3.05) is 0 Å². The maximum atomic E-state index is 10.2. The number of hydrogen-bond acceptors (Lipinski definition) is 1. The molecule has 0 aliphatic heterocycles. The average molecular weight is 206 g/mol. The van der Waals surface area contributed by atoms with Crippen molar-refractivity contribution < 1.29 is 4.79 Å². The fourth-order valence-corrected chi connectivity index (χ4v) is 1.47. The minimum Gasteiger partial charge on any atom is -0.303 e. The number of carbonyl (C=O) groups is 1. The first-order chi connectivity index (χ1) is 7.33. The van der Waals surface area contributed by atoms with Gasteiger partial charge in [-0.1, -0.05) is 51.1 Å². The van der Waals surface area contributed by atoms with Crippen LogP contribution < -0.4 is 0 Å². The van der Waals surface area contributed by atoms with Gasteiger partial charge in [0.1, 0.15) is 6.29 Å². The number of aldehydes is 1. The van der Waals surface area contributed by atoms with Crippen molar-refractivity contribution in [3.8, 4) is 0 Å². The first kappa shape index (κ1) is 13.9. The van der Waals surface area contributed by atoms with Gasteiger partial charge in [0.25, 0.3) is 0 Å². The largest absolute Gasteiger partial charge is 0.303 e. The van der Waals surface area contributed by atoms with Gasteiger partial charge in [-0.15, -0.1) is 0 Å². The Balaban J connectivity index is 0.000000921. The molecule has 1 aromatic carbocycles. The third-order valence-corrected chi connectivity index (χ3v) is 2.20. The van der Waals surface area contributed by atoms with E-state index in [4.69, 9.17) is 0 Å². The predicted octanol–water partition coefficient (Wildman–Crippen LogP) is 3.87. The van der Waals surface area contributed by atoms with E-state index in [-0.39, 0.29) is 0 Å². The smallest absolute Gasteiger partial charge is 0.120 e. The monoisotopic (exact) mass is 206 g/mol. The number of benzene rings is 1. The molecule has 0 aliphatic rings. The van der Waals surface area contributed by atoms with Crippen molar-refractivity contribution in [2.24, 2.45) is 5.92 Å². The summed E-state index contributed by atoms with van der Waals surface area (Å²) in [7, 11) is 0. The summed E-state index contributed by atoms with van der Waals surface area (Å²) in [5.41, 5.74) is 1.36. The molecule has 1 nitrogen and oxygen atoms in total. The summed E-state index contributed by atoms with van der Waals surface area (Å²) >= 11 is 0. The topological polar surface area (TPSA) is 17.1 Å². The molecule has 1 rings (SSSR count). The van der Waals surface area contributed by atoms with Crippen LogP contribution in [0.1, 0.15) is 39.2 Å². The van der Waals surface area contributed by atoms with E-state index in [1.807, 2.05) is 19.9 Å². The second-order valence-electron chi connectivity index (χ2n) is 3.54. The Hall–Kier alpha value is -1.11. The highest BCUT2D eigenvalue weighted by Gasteiger charge is 2.02. The third-order valence-electron chi connectivity index (χ3n) is 2.20. The van der Waals surface area contributed by atoms with Gasteiger partial charge >= 0.3 is 0 Å². The fourth-order valence-electron chi connectivity index (χ4n) is 1.47. The summed E-state index contributed by atoms with van der Waals surface area (Å²) in [6.07, 6.45) is 3.77. The Bertz CT molecular complexity index is 241. The summed E-state index contributed by atoms with van der Waals surface area (Å²) < 4.78 is 0. The zero-order valence-electron chi connectivity index (χ0n) is 10.1. The standard InChI is InChI=1S/C12H16O.C2H6/c1-11(6-5-9-13)10-12-7-3-2-4-8-12;1-2/h2-4,7-9,11H,5-6,10H2,1H3;1-2H3. The molecule has 0 fully saturated rings. The maximum absolute atomic E-state index is 10.2. The Labute approximate surface area is 93.5 Å². The molecule has 0 amide bonds. The molecule has 15 heavy (non-hydrogen) atoms. The molecule has 0 spiro atoms. The first-order valence-corrected chi connectivity index (χ1v) is 5.80. The third kappa shape index (κ3) is 6.89. The van der Waals surface area contributed by atoms with Gasteiger partial charge in [0.2, 0.25) is 0 Å². The normalized spacial score (nSPS) is 11.1. The molecular weight excluding hydrogens is 184 g/mol. The molecule has 0 N–H and O–H groups in total. The Morgan fingerprint density at radius 2 is 1.80 bits per heavy atom. The highest BCUT2D eigenvalue weighted by molar-refractivity contribution is 5.49. The minimum atomic E-state index is 0.604. The number of hydrogen-bond donors (Lipinski definition) is 0. The van der Waals surface area contributed by atoms with Crippen LogP contribution in [-0.2, 0) is 11.2 Å². The predicted molar refractivity (Wildman–Crippen MR) is 66.0 cm³/mol. The van der Waals surface area contributed by atoms with Crippen LogP contribution >= 0.6 is 0 Å². The highest BCUT2D eigenvalue weighted by atomic mass is 16.1.